The zero-order chi connectivity index (χ0) is 14.3. The van der Waals surface area contributed by atoms with Gasteiger partial charge in [-0.1, -0.05) is 0 Å². The van der Waals surface area contributed by atoms with Crippen molar-refractivity contribution >= 4 is 11.9 Å². The molecule has 0 radical (unpaired) electrons. The quantitative estimate of drug-likeness (QED) is 0.834. The highest BCUT2D eigenvalue weighted by atomic mass is 16.6. The summed E-state index contributed by atoms with van der Waals surface area (Å²) in [4.78, 5) is 23.5. The van der Waals surface area contributed by atoms with Crippen molar-refractivity contribution in [1.29, 1.82) is 0 Å². The minimum atomic E-state index is -0.600. The van der Waals surface area contributed by atoms with E-state index >= 15 is 0 Å². The van der Waals surface area contributed by atoms with Crippen molar-refractivity contribution in [3.63, 3.8) is 0 Å². The van der Waals surface area contributed by atoms with Crippen LogP contribution in [0.3, 0.4) is 0 Å². The van der Waals surface area contributed by atoms with Crippen molar-refractivity contribution in [2.45, 2.75) is 70.1 Å². The van der Waals surface area contributed by atoms with E-state index in [2.05, 4.69) is 5.32 Å². The number of ether oxygens (including phenoxy) is 2. The second-order valence-electron chi connectivity index (χ2n) is 6.75. The molecule has 1 aliphatic carbocycles. The first-order valence-electron chi connectivity index (χ1n) is 6.83. The molecule has 1 amide bonds. The highest BCUT2D eigenvalue weighted by Gasteiger charge is 2.53. The summed E-state index contributed by atoms with van der Waals surface area (Å²) < 4.78 is 11.0. The van der Waals surface area contributed by atoms with Gasteiger partial charge in [0.25, 0.3) is 0 Å². The van der Waals surface area contributed by atoms with Gasteiger partial charge < -0.3 is 14.8 Å². The summed E-state index contributed by atoms with van der Waals surface area (Å²) in [5.74, 6) is 0.0954. The molecular formula is C14H23NO4. The fourth-order valence-electron chi connectivity index (χ4n) is 2.83. The van der Waals surface area contributed by atoms with Gasteiger partial charge in [0.05, 0.1) is 12.1 Å². The number of nitrogens with one attached hydrogen (secondary N) is 1. The number of rotatable bonds is 2. The third-order valence-corrected chi connectivity index (χ3v) is 4.05. The Balaban J connectivity index is 1.97. The Morgan fingerprint density at radius 2 is 1.74 bits per heavy atom. The number of fused-ring (bicyclic) bond motifs is 3. The van der Waals surface area contributed by atoms with Crippen LogP contribution in [-0.4, -0.2) is 35.2 Å². The van der Waals surface area contributed by atoms with E-state index in [1.165, 1.54) is 0 Å². The van der Waals surface area contributed by atoms with Crippen LogP contribution < -0.4 is 5.32 Å². The smallest absolute Gasteiger partial charge is 0.408 e. The Morgan fingerprint density at radius 1 is 1.16 bits per heavy atom. The minimum absolute atomic E-state index is 0.0954. The number of hydrogen-bond donors (Lipinski definition) is 1. The summed E-state index contributed by atoms with van der Waals surface area (Å²) in [5, 5.41) is 2.94. The molecule has 0 aromatic rings. The normalized spacial score (nSPS) is 33.9. The topological polar surface area (TPSA) is 64.6 Å². The molecule has 2 aliphatic heterocycles. The molecule has 19 heavy (non-hydrogen) atoms. The molecule has 5 nitrogen and oxygen atoms in total. The number of carbonyl (C=O) groups is 2. The van der Waals surface area contributed by atoms with Crippen LogP contribution in [0.2, 0.25) is 0 Å². The third kappa shape index (κ3) is 2.91. The average molecular weight is 269 g/mol. The highest BCUT2D eigenvalue weighted by Crippen LogP contribution is 2.44. The van der Waals surface area contributed by atoms with Crippen molar-refractivity contribution in [3.05, 3.63) is 0 Å². The first-order valence-corrected chi connectivity index (χ1v) is 6.83. The molecule has 3 rings (SSSR count). The van der Waals surface area contributed by atoms with Crippen molar-refractivity contribution < 1.29 is 19.1 Å². The van der Waals surface area contributed by atoms with Crippen LogP contribution in [0.1, 0.15) is 53.4 Å². The lowest BCUT2D eigenvalue weighted by Crippen LogP contribution is -2.65. The second-order valence-corrected chi connectivity index (χ2v) is 6.75. The van der Waals surface area contributed by atoms with Crippen LogP contribution in [0.5, 0.6) is 0 Å². The maximum absolute atomic E-state index is 11.9. The summed E-state index contributed by atoms with van der Waals surface area (Å²) in [6, 6.07) is 0. The standard InChI is InChI=1S/C14H23NO4/c1-10(16)14-7-5-13(6-8-14,9-18-14)15-11(17)19-12(2,3)4/h5-9H2,1-4H3,(H,15,17). The summed E-state index contributed by atoms with van der Waals surface area (Å²) in [7, 11) is 0. The monoisotopic (exact) mass is 269 g/mol. The first-order chi connectivity index (χ1) is 8.67. The van der Waals surface area contributed by atoms with Gasteiger partial charge >= 0.3 is 6.09 Å². The highest BCUT2D eigenvalue weighted by molar-refractivity contribution is 5.85. The molecule has 2 heterocycles. The molecular weight excluding hydrogens is 246 g/mol. The fourth-order valence-corrected chi connectivity index (χ4v) is 2.83. The number of hydrogen-bond acceptors (Lipinski definition) is 4. The third-order valence-electron chi connectivity index (χ3n) is 4.05. The van der Waals surface area contributed by atoms with Gasteiger partial charge in [0.1, 0.15) is 11.2 Å². The van der Waals surface area contributed by atoms with Crippen LogP contribution in [0, 0.1) is 0 Å². The maximum Gasteiger partial charge on any atom is 0.408 e. The molecule has 3 fully saturated rings. The average Bonchev–Trinajstić information content (AvgIpc) is 2.27. The van der Waals surface area contributed by atoms with E-state index < -0.39 is 17.3 Å². The summed E-state index contributed by atoms with van der Waals surface area (Å²) in [5.41, 5.74) is -1.47. The molecule has 0 atom stereocenters. The summed E-state index contributed by atoms with van der Waals surface area (Å²) in [6.45, 7) is 7.49. The summed E-state index contributed by atoms with van der Waals surface area (Å²) >= 11 is 0. The zero-order valence-electron chi connectivity index (χ0n) is 12.2. The molecule has 1 saturated carbocycles. The molecule has 108 valence electrons. The Labute approximate surface area is 114 Å². The largest absolute Gasteiger partial charge is 0.444 e. The molecule has 0 unspecified atom stereocenters. The predicted molar refractivity (Wildman–Crippen MR) is 69.9 cm³/mol. The minimum Gasteiger partial charge on any atom is -0.444 e. The lowest BCUT2D eigenvalue weighted by Gasteiger charge is -2.51. The lowest BCUT2D eigenvalue weighted by atomic mass is 9.70. The van der Waals surface area contributed by atoms with E-state index in [-0.39, 0.29) is 11.3 Å². The fraction of sp³-hybridized carbons (Fsp3) is 0.857. The van der Waals surface area contributed by atoms with Gasteiger partial charge in [-0.05, 0) is 53.4 Å². The molecule has 0 spiro atoms. The first kappa shape index (κ1) is 14.3. The van der Waals surface area contributed by atoms with Gasteiger partial charge in [0, 0.05) is 0 Å². The van der Waals surface area contributed by atoms with Crippen molar-refractivity contribution in [1.82, 2.24) is 5.32 Å². The summed E-state index contributed by atoms with van der Waals surface area (Å²) in [6.07, 6.45) is 2.49. The molecule has 0 aromatic carbocycles. The predicted octanol–water partition coefficient (Wildman–Crippen LogP) is 2.18. The van der Waals surface area contributed by atoms with Crippen LogP contribution >= 0.6 is 0 Å². The van der Waals surface area contributed by atoms with Crippen LogP contribution in [-0.2, 0) is 14.3 Å². The van der Waals surface area contributed by atoms with E-state index in [0.29, 0.717) is 19.4 Å². The molecule has 2 saturated heterocycles. The second kappa shape index (κ2) is 4.47. The number of amides is 1. The van der Waals surface area contributed by atoms with E-state index in [4.69, 9.17) is 9.47 Å². The van der Waals surface area contributed by atoms with Gasteiger partial charge in [0.2, 0.25) is 0 Å². The van der Waals surface area contributed by atoms with Gasteiger partial charge in [0.15, 0.2) is 5.78 Å². The Bertz CT molecular complexity index is 372. The van der Waals surface area contributed by atoms with E-state index in [0.717, 1.165) is 12.8 Å². The van der Waals surface area contributed by atoms with Crippen molar-refractivity contribution in [3.8, 4) is 0 Å². The molecule has 1 N–H and O–H groups in total. The number of alkyl carbamates (subject to hydrolysis) is 1. The Kier molecular flexibility index (Phi) is 3.37. The Morgan fingerprint density at radius 3 is 2.11 bits per heavy atom. The van der Waals surface area contributed by atoms with Crippen molar-refractivity contribution in [2.75, 3.05) is 6.61 Å². The lowest BCUT2D eigenvalue weighted by molar-refractivity contribution is -0.176. The van der Waals surface area contributed by atoms with E-state index in [1.54, 1.807) is 6.92 Å². The van der Waals surface area contributed by atoms with Crippen LogP contribution in [0.4, 0.5) is 4.79 Å². The zero-order valence-corrected chi connectivity index (χ0v) is 12.2. The number of carbonyl (C=O) groups excluding carboxylic acids is 2. The SMILES string of the molecule is CC(=O)C12CCC(NC(=O)OC(C)(C)C)(CC1)CO2. The van der Waals surface area contributed by atoms with Crippen LogP contribution in [0.25, 0.3) is 0 Å². The molecule has 0 aromatic heterocycles. The van der Waals surface area contributed by atoms with Crippen molar-refractivity contribution in [2.24, 2.45) is 0 Å². The Hall–Kier alpha value is -1.10. The number of Topliss-reactive ketones (excluding diaryl/α,β-unsaturated/α-hetero) is 1. The van der Waals surface area contributed by atoms with Gasteiger partial charge in [-0.15, -0.1) is 0 Å². The van der Waals surface area contributed by atoms with E-state index in [9.17, 15) is 9.59 Å². The molecule has 3 aliphatic rings. The van der Waals surface area contributed by atoms with Gasteiger partial charge in [-0.2, -0.15) is 0 Å². The van der Waals surface area contributed by atoms with E-state index in [1.807, 2.05) is 20.8 Å². The molecule has 5 heteroatoms. The molecule has 2 bridgehead atoms. The van der Waals surface area contributed by atoms with Gasteiger partial charge in [-0.25, -0.2) is 4.79 Å². The number of ketones is 1. The van der Waals surface area contributed by atoms with Gasteiger partial charge in [-0.3, -0.25) is 4.79 Å². The van der Waals surface area contributed by atoms with Crippen LogP contribution in [0.15, 0.2) is 0 Å². The maximum atomic E-state index is 11.9.